The van der Waals surface area contributed by atoms with Crippen molar-refractivity contribution in [3.8, 4) is 0 Å². The average Bonchev–Trinajstić information content (AvgIpc) is 2.87. The van der Waals surface area contributed by atoms with Crippen LogP contribution in [0.5, 0.6) is 0 Å². The van der Waals surface area contributed by atoms with Gasteiger partial charge in [0.2, 0.25) is 0 Å². The van der Waals surface area contributed by atoms with Gasteiger partial charge in [-0.1, -0.05) is 6.08 Å². The second-order valence-electron chi connectivity index (χ2n) is 6.60. The number of likely N-dealkylation sites (tertiary alicyclic amines) is 1. The standard InChI is InChI=1S/C18H32N4O/c1-5-9-22-15-17(16(2)19-22)14-21(10-6-13-23-4)18-7-11-20(3)12-8-18/h5,15,18H,1,6-14H2,2-4H3. The Morgan fingerprint density at radius 1 is 1.43 bits per heavy atom. The topological polar surface area (TPSA) is 33.5 Å². The molecule has 1 aliphatic heterocycles. The summed E-state index contributed by atoms with van der Waals surface area (Å²) in [5.74, 6) is 0. The third-order valence-electron chi connectivity index (χ3n) is 4.74. The van der Waals surface area contributed by atoms with Crippen LogP contribution in [0.2, 0.25) is 0 Å². The first kappa shape index (κ1) is 18.2. The van der Waals surface area contributed by atoms with Crippen LogP contribution in [0, 0.1) is 6.92 Å². The van der Waals surface area contributed by atoms with E-state index in [2.05, 4.69) is 41.6 Å². The molecule has 2 heterocycles. The molecule has 0 aromatic carbocycles. The molecule has 0 aliphatic carbocycles. The quantitative estimate of drug-likeness (QED) is 0.516. The molecular weight excluding hydrogens is 288 g/mol. The number of aryl methyl sites for hydroxylation is 1. The van der Waals surface area contributed by atoms with Gasteiger partial charge in [0.05, 0.1) is 12.2 Å². The Bertz CT molecular complexity index is 477. The van der Waals surface area contributed by atoms with Crippen molar-refractivity contribution in [2.24, 2.45) is 0 Å². The molecule has 0 radical (unpaired) electrons. The SMILES string of the molecule is C=CCn1cc(CN(CCCOC)C2CCN(C)CC2)c(C)n1. The lowest BCUT2D eigenvalue weighted by Gasteiger charge is -2.37. The number of allylic oxidation sites excluding steroid dienone is 1. The van der Waals surface area contributed by atoms with Gasteiger partial charge in [0.1, 0.15) is 0 Å². The molecule has 0 bridgehead atoms. The Kier molecular flexibility index (Phi) is 7.27. The molecule has 1 aromatic rings. The predicted octanol–water partition coefficient (Wildman–Crippen LogP) is 2.31. The number of rotatable bonds is 9. The van der Waals surface area contributed by atoms with Crippen molar-refractivity contribution < 1.29 is 4.74 Å². The number of hydrogen-bond donors (Lipinski definition) is 0. The van der Waals surface area contributed by atoms with Crippen LogP contribution in [0.1, 0.15) is 30.5 Å². The summed E-state index contributed by atoms with van der Waals surface area (Å²) < 4.78 is 7.23. The molecular formula is C18H32N4O. The van der Waals surface area contributed by atoms with Crippen LogP contribution in [0.25, 0.3) is 0 Å². The lowest BCUT2D eigenvalue weighted by atomic mass is 10.0. The maximum absolute atomic E-state index is 5.24. The summed E-state index contributed by atoms with van der Waals surface area (Å²) in [5.41, 5.74) is 2.47. The molecule has 0 amide bonds. The molecule has 5 nitrogen and oxygen atoms in total. The van der Waals surface area contributed by atoms with Gasteiger partial charge in [-0.15, -0.1) is 6.58 Å². The first-order valence-corrected chi connectivity index (χ1v) is 8.69. The minimum absolute atomic E-state index is 0.671. The molecule has 2 rings (SSSR count). The van der Waals surface area contributed by atoms with Gasteiger partial charge < -0.3 is 9.64 Å². The van der Waals surface area contributed by atoms with Crippen molar-refractivity contribution >= 4 is 0 Å². The first-order valence-electron chi connectivity index (χ1n) is 8.69. The lowest BCUT2D eigenvalue weighted by molar-refractivity contribution is 0.0998. The van der Waals surface area contributed by atoms with Crippen molar-refractivity contribution in [2.75, 3.05) is 40.4 Å². The van der Waals surface area contributed by atoms with Gasteiger partial charge in [0.25, 0.3) is 0 Å². The zero-order valence-corrected chi connectivity index (χ0v) is 15.0. The van der Waals surface area contributed by atoms with E-state index in [1.165, 1.54) is 31.5 Å². The molecule has 0 N–H and O–H groups in total. The predicted molar refractivity (Wildman–Crippen MR) is 94.6 cm³/mol. The molecule has 0 saturated carbocycles. The average molecular weight is 320 g/mol. The molecule has 0 spiro atoms. The van der Waals surface area contributed by atoms with Crippen LogP contribution in [0.15, 0.2) is 18.9 Å². The van der Waals surface area contributed by atoms with Crippen LogP contribution in [0.3, 0.4) is 0 Å². The molecule has 1 saturated heterocycles. The molecule has 0 atom stereocenters. The highest BCUT2D eigenvalue weighted by molar-refractivity contribution is 5.15. The van der Waals surface area contributed by atoms with Gasteiger partial charge in [0, 0.05) is 44.6 Å². The van der Waals surface area contributed by atoms with Crippen molar-refractivity contribution in [3.05, 3.63) is 30.1 Å². The van der Waals surface area contributed by atoms with E-state index in [0.717, 1.165) is 38.4 Å². The van der Waals surface area contributed by atoms with E-state index in [1.54, 1.807) is 7.11 Å². The van der Waals surface area contributed by atoms with Gasteiger partial charge in [-0.05, 0) is 46.3 Å². The molecule has 1 aliphatic rings. The van der Waals surface area contributed by atoms with E-state index < -0.39 is 0 Å². The summed E-state index contributed by atoms with van der Waals surface area (Å²) in [4.78, 5) is 5.06. The minimum Gasteiger partial charge on any atom is -0.385 e. The van der Waals surface area contributed by atoms with Gasteiger partial charge >= 0.3 is 0 Å². The number of methoxy groups -OCH3 is 1. The molecule has 23 heavy (non-hydrogen) atoms. The zero-order chi connectivity index (χ0) is 16.7. The number of nitrogens with zero attached hydrogens (tertiary/aromatic N) is 4. The molecule has 1 aromatic heterocycles. The Morgan fingerprint density at radius 2 is 2.17 bits per heavy atom. The van der Waals surface area contributed by atoms with E-state index in [9.17, 15) is 0 Å². The van der Waals surface area contributed by atoms with Crippen LogP contribution >= 0.6 is 0 Å². The number of aromatic nitrogens is 2. The summed E-state index contributed by atoms with van der Waals surface area (Å²) in [6.45, 7) is 12.0. The van der Waals surface area contributed by atoms with Crippen molar-refractivity contribution in [1.82, 2.24) is 19.6 Å². The third-order valence-corrected chi connectivity index (χ3v) is 4.74. The summed E-state index contributed by atoms with van der Waals surface area (Å²) in [5, 5.41) is 4.59. The smallest absolute Gasteiger partial charge is 0.0638 e. The van der Waals surface area contributed by atoms with E-state index in [1.807, 2.05) is 10.8 Å². The lowest BCUT2D eigenvalue weighted by Crippen LogP contribution is -2.44. The highest BCUT2D eigenvalue weighted by Gasteiger charge is 2.23. The monoisotopic (exact) mass is 320 g/mol. The van der Waals surface area contributed by atoms with Gasteiger partial charge in [0.15, 0.2) is 0 Å². The van der Waals surface area contributed by atoms with Crippen LogP contribution in [0.4, 0.5) is 0 Å². The van der Waals surface area contributed by atoms with Gasteiger partial charge in [-0.25, -0.2) is 0 Å². The van der Waals surface area contributed by atoms with E-state index in [4.69, 9.17) is 4.74 Å². The van der Waals surface area contributed by atoms with Crippen LogP contribution in [-0.4, -0.2) is 66.0 Å². The second-order valence-corrected chi connectivity index (χ2v) is 6.60. The maximum atomic E-state index is 5.24. The first-order chi connectivity index (χ1) is 11.1. The summed E-state index contributed by atoms with van der Waals surface area (Å²) in [6, 6.07) is 0.671. The van der Waals surface area contributed by atoms with Gasteiger partial charge in [-0.2, -0.15) is 5.10 Å². The molecule has 1 fully saturated rings. The van der Waals surface area contributed by atoms with Gasteiger partial charge in [-0.3, -0.25) is 9.58 Å². The maximum Gasteiger partial charge on any atom is 0.0638 e. The molecule has 5 heteroatoms. The van der Waals surface area contributed by atoms with Crippen molar-refractivity contribution in [3.63, 3.8) is 0 Å². The summed E-state index contributed by atoms with van der Waals surface area (Å²) >= 11 is 0. The Hall–Kier alpha value is -1.17. The highest BCUT2D eigenvalue weighted by atomic mass is 16.5. The summed E-state index contributed by atoms with van der Waals surface area (Å²) in [6.07, 6.45) is 7.66. The fourth-order valence-electron chi connectivity index (χ4n) is 3.32. The minimum atomic E-state index is 0.671. The normalized spacial score (nSPS) is 17.0. The Morgan fingerprint density at radius 3 is 2.83 bits per heavy atom. The Labute approximate surface area is 140 Å². The zero-order valence-electron chi connectivity index (χ0n) is 15.0. The molecule has 0 unspecified atom stereocenters. The fourth-order valence-corrected chi connectivity index (χ4v) is 3.32. The third kappa shape index (κ3) is 5.44. The van der Waals surface area contributed by atoms with Crippen molar-refractivity contribution in [1.29, 1.82) is 0 Å². The van der Waals surface area contributed by atoms with Crippen LogP contribution < -0.4 is 0 Å². The van der Waals surface area contributed by atoms with E-state index in [0.29, 0.717) is 6.04 Å². The molecule has 130 valence electrons. The Balaban J connectivity index is 2.02. The second kappa shape index (κ2) is 9.21. The number of ether oxygens (including phenoxy) is 1. The number of hydrogen-bond acceptors (Lipinski definition) is 4. The van der Waals surface area contributed by atoms with E-state index >= 15 is 0 Å². The largest absolute Gasteiger partial charge is 0.385 e. The highest BCUT2D eigenvalue weighted by Crippen LogP contribution is 2.20. The fraction of sp³-hybridized carbons (Fsp3) is 0.722. The summed E-state index contributed by atoms with van der Waals surface area (Å²) in [7, 11) is 4.00. The van der Waals surface area contributed by atoms with Crippen LogP contribution in [-0.2, 0) is 17.8 Å². The van der Waals surface area contributed by atoms with Crippen molar-refractivity contribution in [2.45, 2.75) is 45.3 Å². The number of piperidine rings is 1. The van der Waals surface area contributed by atoms with E-state index in [-0.39, 0.29) is 0 Å².